The van der Waals surface area contributed by atoms with Crippen molar-refractivity contribution in [1.29, 1.82) is 0 Å². The van der Waals surface area contributed by atoms with Crippen molar-refractivity contribution in [3.63, 3.8) is 0 Å². The number of hydrogen-bond acceptors (Lipinski definition) is 3. The van der Waals surface area contributed by atoms with Gasteiger partial charge >= 0.3 is 0 Å². The number of likely N-dealkylation sites (N-methyl/N-ethyl adjacent to an activating group) is 2. The molecule has 4 aromatic rings. The van der Waals surface area contributed by atoms with Crippen LogP contribution in [0.25, 0.3) is 21.6 Å². The first-order chi connectivity index (χ1) is 19.1. The summed E-state index contributed by atoms with van der Waals surface area (Å²) < 4.78 is 0. The molecule has 0 saturated carbocycles. The van der Waals surface area contributed by atoms with Crippen LogP contribution in [0.2, 0.25) is 0 Å². The van der Waals surface area contributed by atoms with E-state index in [9.17, 15) is 4.79 Å². The van der Waals surface area contributed by atoms with Crippen LogP contribution >= 0.6 is 11.3 Å². The molecule has 4 rings (SSSR count). The van der Waals surface area contributed by atoms with Gasteiger partial charge in [0.05, 0.1) is 0 Å². The number of hydrogen-bond donors (Lipinski definition) is 1. The Kier molecular flexibility index (Phi) is 10.9. The standard InChI is InChI=1S/C35H42N2OS/c1-4-5-6-7-8-10-16-30-23-24-39-34(30)32-18-13-17-31(25-32)28-21-19-27(20-22-28)26-37(3)33(35(38)36-2)29-14-11-9-12-15-29/h9,11-15,17-25,33H,4-8,10,16,26H2,1-3H3,(H,36,38)/t33-/m1/s1. The second-order valence-corrected chi connectivity index (χ2v) is 11.3. The number of unbranched alkanes of at least 4 members (excludes halogenated alkanes) is 5. The van der Waals surface area contributed by atoms with Crippen LogP contribution in [0.4, 0.5) is 0 Å². The van der Waals surface area contributed by atoms with E-state index in [1.165, 1.54) is 71.2 Å². The minimum atomic E-state index is -0.330. The highest BCUT2D eigenvalue weighted by molar-refractivity contribution is 7.13. The summed E-state index contributed by atoms with van der Waals surface area (Å²) in [5, 5.41) is 5.06. The summed E-state index contributed by atoms with van der Waals surface area (Å²) >= 11 is 1.85. The van der Waals surface area contributed by atoms with E-state index in [4.69, 9.17) is 0 Å². The molecule has 1 N–H and O–H groups in total. The van der Waals surface area contributed by atoms with E-state index < -0.39 is 0 Å². The Morgan fingerprint density at radius 2 is 1.54 bits per heavy atom. The van der Waals surface area contributed by atoms with Crippen LogP contribution in [-0.2, 0) is 17.8 Å². The SMILES string of the molecule is CCCCCCCCc1ccsc1-c1cccc(-c2ccc(CN(C)[C@@H](C(=O)NC)c3ccccc3)cc2)c1. The average molecular weight is 539 g/mol. The monoisotopic (exact) mass is 538 g/mol. The maximum atomic E-state index is 12.7. The fraction of sp³-hybridized carbons (Fsp3) is 0.343. The van der Waals surface area contributed by atoms with Crippen LogP contribution in [-0.4, -0.2) is 24.9 Å². The van der Waals surface area contributed by atoms with Crippen LogP contribution in [0.5, 0.6) is 0 Å². The molecule has 1 heterocycles. The van der Waals surface area contributed by atoms with Gasteiger partial charge in [-0.15, -0.1) is 11.3 Å². The predicted octanol–water partition coefficient (Wildman–Crippen LogP) is 8.90. The number of benzene rings is 3. The molecule has 1 aromatic heterocycles. The largest absolute Gasteiger partial charge is 0.358 e. The zero-order chi connectivity index (χ0) is 27.5. The maximum Gasteiger partial charge on any atom is 0.241 e. The number of thiophene rings is 1. The topological polar surface area (TPSA) is 32.3 Å². The van der Waals surface area contributed by atoms with Crippen LogP contribution in [0.3, 0.4) is 0 Å². The molecule has 1 atom stereocenters. The van der Waals surface area contributed by atoms with Crippen molar-refractivity contribution < 1.29 is 4.79 Å². The Morgan fingerprint density at radius 1 is 0.821 bits per heavy atom. The Hall–Kier alpha value is -3.21. The van der Waals surface area contributed by atoms with E-state index in [0.29, 0.717) is 6.54 Å². The minimum absolute atomic E-state index is 0.00146. The van der Waals surface area contributed by atoms with Crippen LogP contribution in [0, 0.1) is 0 Å². The smallest absolute Gasteiger partial charge is 0.241 e. The van der Waals surface area contributed by atoms with Gasteiger partial charge < -0.3 is 5.32 Å². The molecular weight excluding hydrogens is 496 g/mol. The Labute approximate surface area is 238 Å². The van der Waals surface area contributed by atoms with Gasteiger partial charge in [0.1, 0.15) is 6.04 Å². The highest BCUT2D eigenvalue weighted by Gasteiger charge is 2.24. The van der Waals surface area contributed by atoms with Crippen molar-refractivity contribution in [1.82, 2.24) is 10.2 Å². The zero-order valence-electron chi connectivity index (χ0n) is 23.7. The van der Waals surface area contributed by atoms with Gasteiger partial charge in [0.25, 0.3) is 0 Å². The summed E-state index contributed by atoms with van der Waals surface area (Å²) in [5.41, 5.74) is 7.42. The highest BCUT2D eigenvalue weighted by atomic mass is 32.1. The average Bonchev–Trinajstić information content (AvgIpc) is 3.44. The van der Waals surface area contributed by atoms with Gasteiger partial charge in [-0.05, 0) is 70.8 Å². The van der Waals surface area contributed by atoms with Crippen molar-refractivity contribution in [2.24, 2.45) is 0 Å². The third-order valence-corrected chi connectivity index (χ3v) is 8.45. The predicted molar refractivity (Wildman–Crippen MR) is 167 cm³/mol. The van der Waals surface area contributed by atoms with Crippen molar-refractivity contribution >= 4 is 17.2 Å². The Morgan fingerprint density at radius 3 is 2.28 bits per heavy atom. The molecule has 0 aliphatic heterocycles. The molecule has 3 aromatic carbocycles. The summed E-state index contributed by atoms with van der Waals surface area (Å²) in [6.07, 6.45) is 9.15. The van der Waals surface area contributed by atoms with Gasteiger partial charge in [-0.1, -0.05) is 112 Å². The van der Waals surface area contributed by atoms with Crippen molar-refractivity contribution in [2.45, 2.75) is 64.5 Å². The lowest BCUT2D eigenvalue weighted by Gasteiger charge is -2.27. The Bertz CT molecular complexity index is 1300. The number of aryl methyl sites for hydroxylation is 1. The third kappa shape index (κ3) is 7.90. The molecule has 4 heteroatoms. The molecule has 3 nitrogen and oxygen atoms in total. The van der Waals surface area contributed by atoms with Gasteiger partial charge in [-0.3, -0.25) is 9.69 Å². The summed E-state index contributed by atoms with van der Waals surface area (Å²) in [5.74, 6) is 0.00146. The number of amides is 1. The summed E-state index contributed by atoms with van der Waals surface area (Å²) in [7, 11) is 3.71. The molecule has 0 aliphatic rings. The third-order valence-electron chi connectivity index (χ3n) is 7.44. The first-order valence-corrected chi connectivity index (χ1v) is 15.2. The lowest BCUT2D eigenvalue weighted by molar-refractivity contribution is -0.125. The second kappa shape index (κ2) is 14.8. The number of nitrogens with zero attached hydrogens (tertiary/aromatic N) is 1. The number of nitrogens with one attached hydrogen (secondary N) is 1. The highest BCUT2D eigenvalue weighted by Crippen LogP contribution is 2.34. The number of carbonyl (C=O) groups excluding carboxylic acids is 1. The first-order valence-electron chi connectivity index (χ1n) is 14.3. The lowest BCUT2D eigenvalue weighted by Crippen LogP contribution is -2.36. The molecule has 0 aliphatic carbocycles. The number of carbonyl (C=O) groups is 1. The van der Waals surface area contributed by atoms with E-state index in [1.54, 1.807) is 7.05 Å². The van der Waals surface area contributed by atoms with Gasteiger partial charge in [-0.2, -0.15) is 0 Å². The summed E-state index contributed by atoms with van der Waals surface area (Å²) in [4.78, 5) is 16.2. The van der Waals surface area contributed by atoms with Crippen LogP contribution in [0.1, 0.15) is 68.2 Å². The number of rotatable bonds is 14. The van der Waals surface area contributed by atoms with E-state index in [-0.39, 0.29) is 11.9 Å². The van der Waals surface area contributed by atoms with Gasteiger partial charge in [0.15, 0.2) is 0 Å². The summed E-state index contributed by atoms with van der Waals surface area (Å²) in [6, 6.07) is 29.7. The second-order valence-electron chi connectivity index (χ2n) is 10.4. The molecular formula is C35H42N2OS. The molecule has 0 saturated heterocycles. The molecule has 39 heavy (non-hydrogen) atoms. The summed E-state index contributed by atoms with van der Waals surface area (Å²) in [6.45, 7) is 2.96. The first kappa shape index (κ1) is 28.8. The maximum absolute atomic E-state index is 12.7. The van der Waals surface area contributed by atoms with E-state index in [2.05, 4.69) is 77.1 Å². The molecule has 204 valence electrons. The quantitative estimate of drug-likeness (QED) is 0.163. The minimum Gasteiger partial charge on any atom is -0.358 e. The van der Waals surface area contributed by atoms with Crippen LogP contribution in [0.15, 0.2) is 90.3 Å². The van der Waals surface area contributed by atoms with Crippen molar-refractivity contribution in [3.05, 3.63) is 107 Å². The molecule has 0 spiro atoms. The van der Waals surface area contributed by atoms with E-state index in [0.717, 1.165) is 12.0 Å². The molecule has 0 fully saturated rings. The molecule has 0 unspecified atom stereocenters. The fourth-order valence-electron chi connectivity index (χ4n) is 5.28. The van der Waals surface area contributed by atoms with E-state index in [1.807, 2.05) is 48.7 Å². The fourth-order valence-corrected chi connectivity index (χ4v) is 6.23. The van der Waals surface area contributed by atoms with E-state index >= 15 is 0 Å². The Balaban J connectivity index is 1.43. The zero-order valence-corrected chi connectivity index (χ0v) is 24.5. The van der Waals surface area contributed by atoms with Gasteiger partial charge in [-0.25, -0.2) is 0 Å². The molecule has 0 bridgehead atoms. The van der Waals surface area contributed by atoms with Gasteiger partial charge in [0, 0.05) is 18.5 Å². The van der Waals surface area contributed by atoms with Crippen molar-refractivity contribution in [2.75, 3.05) is 14.1 Å². The molecule has 0 radical (unpaired) electrons. The molecule has 1 amide bonds. The van der Waals surface area contributed by atoms with Crippen molar-refractivity contribution in [3.8, 4) is 21.6 Å². The van der Waals surface area contributed by atoms with Gasteiger partial charge in [0.2, 0.25) is 5.91 Å². The normalized spacial score (nSPS) is 12.0. The van der Waals surface area contributed by atoms with Crippen LogP contribution < -0.4 is 5.32 Å². The lowest BCUT2D eigenvalue weighted by atomic mass is 9.98.